The lowest BCUT2D eigenvalue weighted by molar-refractivity contribution is -0.169. The normalized spacial score (nSPS) is 10.8. The number of methoxy groups -OCH3 is 3. The van der Waals surface area contributed by atoms with E-state index in [1.807, 2.05) is 30.3 Å². The zero-order chi connectivity index (χ0) is 22.1. The Morgan fingerprint density at radius 1 is 0.900 bits per heavy atom. The van der Waals surface area contributed by atoms with Gasteiger partial charge in [0, 0.05) is 0 Å². The van der Waals surface area contributed by atoms with Crippen molar-refractivity contribution in [1.29, 1.82) is 0 Å². The van der Waals surface area contributed by atoms with E-state index < -0.39 is 23.3 Å². The average molecular weight is 410 g/mol. The summed E-state index contributed by atoms with van der Waals surface area (Å²) in [5.74, 6) is -1.71. The molecule has 0 atom stereocenters. The van der Waals surface area contributed by atoms with Crippen molar-refractivity contribution in [3.63, 3.8) is 0 Å². The quantitative estimate of drug-likeness (QED) is 0.269. The van der Waals surface area contributed by atoms with Gasteiger partial charge in [0.15, 0.2) is 5.41 Å². The van der Waals surface area contributed by atoms with Gasteiger partial charge >= 0.3 is 17.9 Å². The molecule has 0 aliphatic carbocycles. The van der Waals surface area contributed by atoms with Crippen LogP contribution in [0.15, 0.2) is 61.2 Å². The molecule has 6 nitrogen and oxygen atoms in total. The molecule has 0 N–H and O–H groups in total. The van der Waals surface area contributed by atoms with Crippen LogP contribution in [0.3, 0.4) is 0 Å². The summed E-state index contributed by atoms with van der Waals surface area (Å²) >= 11 is 0. The third-order valence-electron chi connectivity index (χ3n) is 4.98. The fourth-order valence-electron chi connectivity index (χ4n) is 3.41. The first-order chi connectivity index (χ1) is 14.4. The fraction of sp³-hybridized carbons (Fsp3) is 0.292. The van der Waals surface area contributed by atoms with Crippen LogP contribution in [0.2, 0.25) is 0 Å². The van der Waals surface area contributed by atoms with Crippen molar-refractivity contribution in [1.82, 2.24) is 0 Å². The first-order valence-electron chi connectivity index (χ1n) is 9.47. The molecule has 2 rings (SSSR count). The molecule has 0 aliphatic heterocycles. The maximum Gasteiger partial charge on any atom is 0.337 e. The maximum absolute atomic E-state index is 12.6. The molecule has 0 fully saturated rings. The van der Waals surface area contributed by atoms with E-state index in [1.165, 1.54) is 21.3 Å². The van der Waals surface area contributed by atoms with E-state index in [-0.39, 0.29) is 12.8 Å². The largest absolute Gasteiger partial charge is 0.468 e. The fourth-order valence-corrected chi connectivity index (χ4v) is 3.41. The molecule has 0 heterocycles. The van der Waals surface area contributed by atoms with Crippen LogP contribution in [0.5, 0.6) is 0 Å². The van der Waals surface area contributed by atoms with E-state index in [2.05, 4.69) is 6.58 Å². The number of carbonyl (C=O) groups excluding carboxylic acids is 3. The summed E-state index contributed by atoms with van der Waals surface area (Å²) < 4.78 is 14.7. The predicted molar refractivity (Wildman–Crippen MR) is 113 cm³/mol. The van der Waals surface area contributed by atoms with Gasteiger partial charge in [-0.05, 0) is 48.1 Å². The summed E-state index contributed by atoms with van der Waals surface area (Å²) in [6.45, 7) is 3.68. The van der Waals surface area contributed by atoms with Crippen LogP contribution >= 0.6 is 0 Å². The molecular formula is C24H26O6. The summed E-state index contributed by atoms with van der Waals surface area (Å²) in [6, 6.07) is 14.5. The van der Waals surface area contributed by atoms with Crippen LogP contribution in [-0.4, -0.2) is 39.2 Å². The Labute approximate surface area is 176 Å². The van der Waals surface area contributed by atoms with Crippen LogP contribution in [0.4, 0.5) is 0 Å². The minimum atomic E-state index is -1.47. The number of rotatable bonds is 9. The molecule has 0 aromatic heterocycles. The molecule has 0 saturated heterocycles. The number of ether oxygens (including phenoxy) is 3. The van der Waals surface area contributed by atoms with Crippen LogP contribution in [0.1, 0.15) is 28.8 Å². The first kappa shape index (κ1) is 22.9. The van der Waals surface area contributed by atoms with Crippen LogP contribution < -0.4 is 0 Å². The second-order valence-corrected chi connectivity index (χ2v) is 6.84. The summed E-state index contributed by atoms with van der Waals surface area (Å²) in [4.78, 5) is 37.1. The Morgan fingerprint density at radius 2 is 1.50 bits per heavy atom. The van der Waals surface area contributed by atoms with E-state index in [9.17, 15) is 14.4 Å². The highest BCUT2D eigenvalue weighted by atomic mass is 16.5. The van der Waals surface area contributed by atoms with Gasteiger partial charge in [-0.2, -0.15) is 0 Å². The lowest BCUT2D eigenvalue weighted by Crippen LogP contribution is -2.43. The lowest BCUT2D eigenvalue weighted by atomic mass is 9.77. The molecule has 0 saturated carbocycles. The monoisotopic (exact) mass is 410 g/mol. The summed E-state index contributed by atoms with van der Waals surface area (Å²) in [7, 11) is 3.84. The van der Waals surface area contributed by atoms with Gasteiger partial charge in [-0.3, -0.25) is 9.59 Å². The van der Waals surface area contributed by atoms with Crippen molar-refractivity contribution in [2.45, 2.75) is 19.3 Å². The molecule has 0 bridgehead atoms. The van der Waals surface area contributed by atoms with Gasteiger partial charge in [0.05, 0.1) is 26.9 Å². The van der Waals surface area contributed by atoms with Gasteiger partial charge in [0.25, 0.3) is 0 Å². The minimum Gasteiger partial charge on any atom is -0.468 e. The topological polar surface area (TPSA) is 78.9 Å². The SMILES string of the molecule is C=CCCC(Cc1cccc(-c2cccc(C(=O)OC)c2)c1)(C(=O)OC)C(=O)OC. The number of hydrogen-bond donors (Lipinski definition) is 0. The predicted octanol–water partition coefficient (Wildman–Crippen LogP) is 3.98. The van der Waals surface area contributed by atoms with Crippen molar-refractivity contribution in [2.75, 3.05) is 21.3 Å². The number of carbonyl (C=O) groups is 3. The molecule has 158 valence electrons. The maximum atomic E-state index is 12.6. The first-order valence-corrected chi connectivity index (χ1v) is 9.47. The second kappa shape index (κ2) is 10.4. The van der Waals surface area contributed by atoms with Gasteiger partial charge in [-0.25, -0.2) is 4.79 Å². The standard InChI is InChI=1S/C24H26O6/c1-5-6-13-24(22(26)29-3,23(27)30-4)16-17-9-7-10-18(14-17)19-11-8-12-20(15-19)21(25)28-2/h5,7-12,14-15H,1,6,13,16H2,2-4H3. The Kier molecular flexibility index (Phi) is 7.92. The Hall–Kier alpha value is -3.41. The Balaban J connectivity index is 2.46. The molecule has 2 aromatic carbocycles. The molecular weight excluding hydrogens is 384 g/mol. The molecule has 0 spiro atoms. The van der Waals surface area contributed by atoms with Crippen LogP contribution in [0.25, 0.3) is 11.1 Å². The van der Waals surface area contributed by atoms with Crippen LogP contribution in [0, 0.1) is 5.41 Å². The van der Waals surface area contributed by atoms with Gasteiger partial charge < -0.3 is 14.2 Å². The molecule has 0 radical (unpaired) electrons. The van der Waals surface area contributed by atoms with Crippen molar-refractivity contribution in [3.05, 3.63) is 72.3 Å². The highest BCUT2D eigenvalue weighted by Crippen LogP contribution is 2.34. The van der Waals surface area contributed by atoms with Crippen molar-refractivity contribution < 1.29 is 28.6 Å². The zero-order valence-electron chi connectivity index (χ0n) is 17.5. The number of esters is 3. The van der Waals surface area contributed by atoms with E-state index in [0.29, 0.717) is 12.0 Å². The molecule has 6 heteroatoms. The van der Waals surface area contributed by atoms with Crippen molar-refractivity contribution in [2.24, 2.45) is 5.41 Å². The van der Waals surface area contributed by atoms with Gasteiger partial charge in [0.1, 0.15) is 0 Å². The average Bonchev–Trinajstić information content (AvgIpc) is 2.80. The summed E-state index contributed by atoms with van der Waals surface area (Å²) in [5.41, 5.74) is 1.38. The van der Waals surface area contributed by atoms with Gasteiger partial charge in [0.2, 0.25) is 0 Å². The summed E-state index contributed by atoms with van der Waals surface area (Å²) in [6.07, 6.45) is 2.43. The minimum absolute atomic E-state index is 0.116. The van der Waals surface area contributed by atoms with E-state index in [1.54, 1.807) is 24.3 Å². The third-order valence-corrected chi connectivity index (χ3v) is 4.98. The third kappa shape index (κ3) is 4.95. The number of hydrogen-bond acceptors (Lipinski definition) is 6. The molecule has 30 heavy (non-hydrogen) atoms. The second-order valence-electron chi connectivity index (χ2n) is 6.84. The van der Waals surface area contributed by atoms with Crippen molar-refractivity contribution >= 4 is 17.9 Å². The molecule has 0 unspecified atom stereocenters. The molecule has 2 aromatic rings. The lowest BCUT2D eigenvalue weighted by Gasteiger charge is -2.28. The highest BCUT2D eigenvalue weighted by Gasteiger charge is 2.47. The number of benzene rings is 2. The molecule has 0 aliphatic rings. The van der Waals surface area contributed by atoms with E-state index in [0.717, 1.165) is 16.7 Å². The van der Waals surface area contributed by atoms with Crippen LogP contribution in [-0.2, 0) is 30.2 Å². The Morgan fingerprint density at radius 3 is 2.07 bits per heavy atom. The number of allylic oxidation sites excluding steroid dienone is 1. The van der Waals surface area contributed by atoms with E-state index >= 15 is 0 Å². The van der Waals surface area contributed by atoms with Gasteiger partial charge in [-0.15, -0.1) is 6.58 Å². The summed E-state index contributed by atoms with van der Waals surface area (Å²) in [5, 5.41) is 0. The van der Waals surface area contributed by atoms with Crippen molar-refractivity contribution in [3.8, 4) is 11.1 Å². The Bertz CT molecular complexity index is 915. The highest BCUT2D eigenvalue weighted by molar-refractivity contribution is 6.00. The zero-order valence-corrected chi connectivity index (χ0v) is 17.5. The molecule has 0 amide bonds. The smallest absolute Gasteiger partial charge is 0.337 e. The van der Waals surface area contributed by atoms with E-state index in [4.69, 9.17) is 14.2 Å². The van der Waals surface area contributed by atoms with Gasteiger partial charge in [-0.1, -0.05) is 42.5 Å².